The Morgan fingerprint density at radius 2 is 1.47 bits per heavy atom. The van der Waals surface area contributed by atoms with E-state index >= 15 is 0 Å². The van der Waals surface area contributed by atoms with E-state index in [1.807, 2.05) is 84.9 Å². The second-order valence-electron chi connectivity index (χ2n) is 11.6. The molecule has 0 fully saturated rings. The van der Waals surface area contributed by atoms with Gasteiger partial charge in [-0.1, -0.05) is 54.6 Å². The SMILES string of the molecule is COc1ccc(Cn2cc(C)c3ccc(C4(Cc5ccncc5)C(=O)c5ccc(OCc6ccccc6)cc5C4=O)cc32)cc1. The van der Waals surface area contributed by atoms with Gasteiger partial charge in [-0.3, -0.25) is 14.6 Å². The number of fused-ring (bicyclic) bond motifs is 2. The maximum atomic E-state index is 14.6. The number of hydrogen-bond acceptors (Lipinski definition) is 5. The molecule has 0 saturated carbocycles. The lowest BCUT2D eigenvalue weighted by atomic mass is 9.71. The fourth-order valence-corrected chi connectivity index (χ4v) is 6.43. The van der Waals surface area contributed by atoms with E-state index < -0.39 is 5.41 Å². The average molecular weight is 593 g/mol. The van der Waals surface area contributed by atoms with Gasteiger partial charge in [-0.25, -0.2) is 0 Å². The van der Waals surface area contributed by atoms with Crippen LogP contribution in [0.5, 0.6) is 11.5 Å². The quantitative estimate of drug-likeness (QED) is 0.162. The molecule has 2 heterocycles. The van der Waals surface area contributed by atoms with E-state index in [0.717, 1.165) is 38.9 Å². The first-order valence-electron chi connectivity index (χ1n) is 15.0. The Labute approximate surface area is 261 Å². The van der Waals surface area contributed by atoms with Gasteiger partial charge in [0.05, 0.1) is 7.11 Å². The van der Waals surface area contributed by atoms with Crippen LogP contribution in [0, 0.1) is 6.92 Å². The van der Waals surface area contributed by atoms with E-state index in [0.29, 0.717) is 35.6 Å². The number of ketones is 2. The van der Waals surface area contributed by atoms with Gasteiger partial charge in [-0.05, 0) is 89.7 Å². The zero-order chi connectivity index (χ0) is 31.0. The minimum absolute atomic E-state index is 0.196. The highest BCUT2D eigenvalue weighted by atomic mass is 16.5. The summed E-state index contributed by atoms with van der Waals surface area (Å²) in [7, 11) is 1.66. The molecule has 4 aromatic carbocycles. The summed E-state index contributed by atoms with van der Waals surface area (Å²) in [4.78, 5) is 33.3. The summed E-state index contributed by atoms with van der Waals surface area (Å²) in [5.74, 6) is 0.948. The number of methoxy groups -OCH3 is 1. The van der Waals surface area contributed by atoms with Gasteiger partial charge in [-0.15, -0.1) is 0 Å². The van der Waals surface area contributed by atoms with Gasteiger partial charge < -0.3 is 14.0 Å². The Bertz CT molecular complexity index is 2030. The Hall–Kier alpha value is -5.49. The van der Waals surface area contributed by atoms with E-state index in [-0.39, 0.29) is 18.0 Å². The Balaban J connectivity index is 1.30. The second-order valence-corrected chi connectivity index (χ2v) is 11.6. The van der Waals surface area contributed by atoms with Gasteiger partial charge in [0, 0.05) is 47.2 Å². The maximum absolute atomic E-state index is 14.6. The zero-order valence-electron chi connectivity index (χ0n) is 25.2. The van der Waals surface area contributed by atoms with Gasteiger partial charge in [-0.2, -0.15) is 0 Å². The molecule has 7 rings (SSSR count). The van der Waals surface area contributed by atoms with Crippen LogP contribution in [-0.4, -0.2) is 28.2 Å². The number of aromatic nitrogens is 2. The topological polar surface area (TPSA) is 70.4 Å². The molecular formula is C39H32N2O4. The van der Waals surface area contributed by atoms with Crippen LogP contribution in [-0.2, 0) is 25.0 Å². The molecule has 0 radical (unpaired) electrons. The monoisotopic (exact) mass is 592 g/mol. The minimum atomic E-state index is -1.42. The number of ether oxygens (including phenoxy) is 2. The molecule has 0 amide bonds. The normalized spacial score (nSPS) is 15.8. The summed E-state index contributed by atoms with van der Waals surface area (Å²) in [5, 5.41) is 1.08. The van der Waals surface area contributed by atoms with E-state index in [1.165, 1.54) is 0 Å². The van der Waals surface area contributed by atoms with Crippen LogP contribution in [0.1, 0.15) is 48.5 Å². The number of hydrogen-bond donors (Lipinski definition) is 0. The molecule has 6 nitrogen and oxygen atoms in total. The van der Waals surface area contributed by atoms with E-state index in [1.54, 1.807) is 37.7 Å². The fraction of sp³-hybridized carbons (Fsp3) is 0.154. The van der Waals surface area contributed by atoms with Crippen molar-refractivity contribution >= 4 is 22.5 Å². The van der Waals surface area contributed by atoms with Crippen molar-refractivity contribution in [3.05, 3.63) is 161 Å². The zero-order valence-corrected chi connectivity index (χ0v) is 25.2. The van der Waals surface area contributed by atoms with E-state index in [4.69, 9.17) is 9.47 Å². The molecule has 1 atom stereocenters. The van der Waals surface area contributed by atoms with Crippen LogP contribution in [0.2, 0.25) is 0 Å². The van der Waals surface area contributed by atoms with Gasteiger partial charge in [0.15, 0.2) is 11.6 Å². The summed E-state index contributed by atoms with van der Waals surface area (Å²) >= 11 is 0. The predicted molar refractivity (Wildman–Crippen MR) is 174 cm³/mol. The van der Waals surface area contributed by atoms with Gasteiger partial charge in [0.1, 0.15) is 23.5 Å². The number of carbonyl (C=O) groups is 2. The van der Waals surface area contributed by atoms with Gasteiger partial charge >= 0.3 is 0 Å². The standard InChI is InChI=1S/C39H32N2O4/c1-26-23-41(24-28-8-11-31(44-2)12-9-28)36-20-30(10-14-33(26)36)39(22-27-16-18-40-19-17-27)37(42)34-15-13-32(21-35(34)38(39)43)45-25-29-6-4-3-5-7-29/h3-21,23H,22,24-25H2,1-2H3. The molecule has 222 valence electrons. The molecule has 6 aromatic rings. The fourth-order valence-electron chi connectivity index (χ4n) is 6.43. The van der Waals surface area contributed by atoms with Crippen LogP contribution in [0.15, 0.2) is 122 Å². The summed E-state index contributed by atoms with van der Waals surface area (Å²) in [6.45, 7) is 3.09. The molecule has 45 heavy (non-hydrogen) atoms. The summed E-state index contributed by atoms with van der Waals surface area (Å²) in [6, 6.07) is 32.9. The largest absolute Gasteiger partial charge is 0.497 e. The molecule has 1 aliphatic carbocycles. The highest BCUT2D eigenvalue weighted by Crippen LogP contribution is 2.44. The lowest BCUT2D eigenvalue weighted by Crippen LogP contribution is -2.40. The number of pyridine rings is 1. The lowest BCUT2D eigenvalue weighted by Gasteiger charge is -2.27. The first-order chi connectivity index (χ1) is 22.0. The maximum Gasteiger partial charge on any atom is 0.182 e. The minimum Gasteiger partial charge on any atom is -0.497 e. The van der Waals surface area contributed by atoms with Crippen molar-refractivity contribution in [1.29, 1.82) is 0 Å². The molecule has 0 saturated heterocycles. The molecule has 1 unspecified atom stereocenters. The Morgan fingerprint density at radius 3 is 2.22 bits per heavy atom. The van der Waals surface area contributed by atoms with Crippen molar-refractivity contribution in [2.45, 2.75) is 31.9 Å². The number of benzene rings is 4. The van der Waals surface area contributed by atoms with Crippen molar-refractivity contribution < 1.29 is 19.1 Å². The number of carbonyl (C=O) groups excluding carboxylic acids is 2. The molecule has 0 spiro atoms. The van der Waals surface area contributed by atoms with Crippen LogP contribution in [0.25, 0.3) is 10.9 Å². The van der Waals surface area contributed by atoms with Crippen LogP contribution in [0.4, 0.5) is 0 Å². The van der Waals surface area contributed by atoms with Gasteiger partial charge in [0.2, 0.25) is 0 Å². The van der Waals surface area contributed by atoms with Crippen molar-refractivity contribution in [1.82, 2.24) is 9.55 Å². The van der Waals surface area contributed by atoms with Gasteiger partial charge in [0.25, 0.3) is 0 Å². The highest BCUT2D eigenvalue weighted by Gasteiger charge is 2.54. The third kappa shape index (κ3) is 5.08. The molecule has 1 aliphatic rings. The highest BCUT2D eigenvalue weighted by molar-refractivity contribution is 6.33. The molecule has 6 heteroatoms. The third-order valence-corrected chi connectivity index (χ3v) is 8.81. The molecule has 0 bridgehead atoms. The molecule has 0 N–H and O–H groups in total. The van der Waals surface area contributed by atoms with E-state index in [2.05, 4.69) is 22.7 Å². The number of Topliss-reactive ketones (excluding diaryl/α,β-unsaturated/α-hetero) is 2. The first kappa shape index (κ1) is 28.3. The second kappa shape index (κ2) is 11.5. The number of nitrogens with zero attached hydrogens (tertiary/aromatic N) is 2. The lowest BCUT2D eigenvalue weighted by molar-refractivity contribution is 0.0793. The molecule has 2 aromatic heterocycles. The summed E-state index contributed by atoms with van der Waals surface area (Å²) in [6.07, 6.45) is 5.74. The number of aryl methyl sites for hydroxylation is 1. The average Bonchev–Trinajstić information content (AvgIpc) is 3.50. The smallest absolute Gasteiger partial charge is 0.182 e. The van der Waals surface area contributed by atoms with Crippen molar-refractivity contribution in [2.75, 3.05) is 7.11 Å². The van der Waals surface area contributed by atoms with Crippen molar-refractivity contribution in [2.24, 2.45) is 0 Å². The van der Waals surface area contributed by atoms with Crippen LogP contribution >= 0.6 is 0 Å². The van der Waals surface area contributed by atoms with E-state index in [9.17, 15) is 9.59 Å². The predicted octanol–water partition coefficient (Wildman–Crippen LogP) is 7.54. The Morgan fingerprint density at radius 1 is 0.733 bits per heavy atom. The summed E-state index contributed by atoms with van der Waals surface area (Å²) < 4.78 is 13.6. The first-order valence-corrected chi connectivity index (χ1v) is 15.0. The molecule has 0 aliphatic heterocycles. The Kier molecular flexibility index (Phi) is 7.26. The van der Waals surface area contributed by atoms with Crippen molar-refractivity contribution in [3.63, 3.8) is 0 Å². The van der Waals surface area contributed by atoms with Crippen LogP contribution < -0.4 is 9.47 Å². The third-order valence-electron chi connectivity index (χ3n) is 8.81. The molecular weight excluding hydrogens is 560 g/mol. The number of rotatable bonds is 9. The summed E-state index contributed by atoms with van der Waals surface area (Å²) in [5.41, 5.74) is 5.18. The van der Waals surface area contributed by atoms with Crippen LogP contribution in [0.3, 0.4) is 0 Å². The van der Waals surface area contributed by atoms with Crippen molar-refractivity contribution in [3.8, 4) is 11.5 Å².